The molecular formula is C51H37IrN3-2. The summed E-state index contributed by atoms with van der Waals surface area (Å²) in [5.74, 6) is 0. The molecule has 0 aliphatic rings. The summed E-state index contributed by atoms with van der Waals surface area (Å²) >= 11 is 0. The van der Waals surface area contributed by atoms with Gasteiger partial charge in [-0.3, -0.25) is 4.98 Å². The van der Waals surface area contributed by atoms with Crippen LogP contribution in [-0.2, 0) is 20.1 Å². The number of hydrogen-bond acceptors (Lipinski definition) is 3. The van der Waals surface area contributed by atoms with Gasteiger partial charge < -0.3 is 9.97 Å². The van der Waals surface area contributed by atoms with Gasteiger partial charge in [-0.25, -0.2) is 0 Å². The smallest absolute Gasteiger partial charge is 0.0702 e. The van der Waals surface area contributed by atoms with Crippen LogP contribution in [0.5, 0.6) is 0 Å². The summed E-state index contributed by atoms with van der Waals surface area (Å²) in [5.41, 5.74) is 13.4. The molecule has 0 bridgehead atoms. The number of nitrogens with zero attached hydrogens (tertiary/aromatic N) is 3. The van der Waals surface area contributed by atoms with Crippen LogP contribution in [0.15, 0.2) is 225 Å². The molecule has 267 valence electrons. The minimum absolute atomic E-state index is 0. The molecule has 0 fully saturated rings. The van der Waals surface area contributed by atoms with Crippen LogP contribution in [0.25, 0.3) is 67.2 Å². The Kier molecular flexibility index (Phi) is 13.9. The third kappa shape index (κ3) is 10.7. The molecule has 3 heterocycles. The fourth-order valence-corrected chi connectivity index (χ4v) is 5.92. The standard InChI is InChI=1S/C17H13N.2C17H12N.Ir/c3*1-2-7-14(8-3-1)15-9-6-10-16(13-15)17-11-4-5-12-18-17;/h1-13H;2*1-9,11-13H;/q;2*-1;. The molecule has 0 unspecified atom stereocenters. The zero-order valence-electron chi connectivity index (χ0n) is 30.0. The molecule has 0 amide bonds. The van der Waals surface area contributed by atoms with Crippen LogP contribution in [0.4, 0.5) is 0 Å². The van der Waals surface area contributed by atoms with Crippen molar-refractivity contribution in [3.63, 3.8) is 0 Å². The maximum absolute atomic E-state index is 4.38. The van der Waals surface area contributed by atoms with Crippen molar-refractivity contribution < 1.29 is 20.1 Å². The van der Waals surface area contributed by atoms with Crippen LogP contribution >= 0.6 is 0 Å². The summed E-state index contributed by atoms with van der Waals surface area (Å²) in [7, 11) is 0. The molecule has 0 N–H and O–H groups in total. The van der Waals surface area contributed by atoms with Gasteiger partial charge in [-0.05, 0) is 64.0 Å². The molecule has 1 radical (unpaired) electrons. The zero-order valence-corrected chi connectivity index (χ0v) is 32.4. The maximum Gasteiger partial charge on any atom is 0.0702 e. The predicted molar refractivity (Wildman–Crippen MR) is 223 cm³/mol. The quantitative estimate of drug-likeness (QED) is 0.156. The van der Waals surface area contributed by atoms with Gasteiger partial charge in [-0.1, -0.05) is 140 Å². The van der Waals surface area contributed by atoms with Gasteiger partial charge in [0.1, 0.15) is 0 Å². The number of aromatic nitrogens is 3. The molecule has 0 saturated carbocycles. The van der Waals surface area contributed by atoms with Gasteiger partial charge >= 0.3 is 0 Å². The summed E-state index contributed by atoms with van der Waals surface area (Å²) in [6, 6.07) is 76.1. The number of hydrogen-bond donors (Lipinski definition) is 0. The van der Waals surface area contributed by atoms with Crippen LogP contribution in [0.3, 0.4) is 0 Å². The molecular weight excluding hydrogens is 847 g/mol. The van der Waals surface area contributed by atoms with Crippen molar-refractivity contribution in [2.24, 2.45) is 0 Å². The van der Waals surface area contributed by atoms with Gasteiger partial charge in [0.25, 0.3) is 0 Å². The Hall–Kier alpha value is -6.58. The van der Waals surface area contributed by atoms with Crippen molar-refractivity contribution >= 4 is 0 Å². The van der Waals surface area contributed by atoms with E-state index in [1.165, 1.54) is 33.4 Å². The molecule has 0 aliphatic heterocycles. The van der Waals surface area contributed by atoms with Crippen molar-refractivity contribution in [1.29, 1.82) is 0 Å². The fraction of sp³-hybridized carbons (Fsp3) is 0. The first kappa shape index (κ1) is 38.2. The van der Waals surface area contributed by atoms with Crippen molar-refractivity contribution in [3.8, 4) is 67.2 Å². The summed E-state index contributed by atoms with van der Waals surface area (Å²) in [6.45, 7) is 0. The second kappa shape index (κ2) is 20.0. The largest absolute Gasteiger partial charge is 0.305 e. The van der Waals surface area contributed by atoms with Crippen LogP contribution < -0.4 is 0 Å². The van der Waals surface area contributed by atoms with E-state index in [4.69, 9.17) is 0 Å². The average molecular weight is 884 g/mol. The SMILES string of the molecule is [Ir].[c-]1ccc(-c2ccccc2)cc1-c1ccccn1.[c-]1ccc(-c2ccccc2)cc1-c1ccccn1.c1ccc(-c2cccc(-c3ccccn3)c2)cc1. The Bertz CT molecular complexity index is 2010. The fourth-order valence-electron chi connectivity index (χ4n) is 5.92. The molecule has 0 spiro atoms. The second-order valence-electron chi connectivity index (χ2n) is 12.3. The van der Waals surface area contributed by atoms with Crippen LogP contribution in [0.1, 0.15) is 0 Å². The van der Waals surface area contributed by atoms with E-state index in [1.54, 1.807) is 12.4 Å². The Morgan fingerprint density at radius 3 is 1.02 bits per heavy atom. The monoisotopic (exact) mass is 884 g/mol. The third-order valence-electron chi connectivity index (χ3n) is 8.63. The van der Waals surface area contributed by atoms with Crippen molar-refractivity contribution in [3.05, 3.63) is 237 Å². The van der Waals surface area contributed by atoms with E-state index in [0.29, 0.717) is 0 Å². The Morgan fingerprint density at radius 2 is 0.618 bits per heavy atom. The minimum Gasteiger partial charge on any atom is -0.305 e. The molecule has 3 aromatic heterocycles. The van der Waals surface area contributed by atoms with E-state index >= 15 is 0 Å². The number of pyridine rings is 3. The molecule has 0 saturated heterocycles. The first-order valence-corrected chi connectivity index (χ1v) is 17.8. The summed E-state index contributed by atoms with van der Waals surface area (Å²) in [5, 5.41) is 0. The van der Waals surface area contributed by atoms with Crippen LogP contribution in [0, 0.1) is 12.1 Å². The van der Waals surface area contributed by atoms with E-state index in [1.807, 2.05) is 115 Å². The van der Waals surface area contributed by atoms with E-state index in [0.717, 1.165) is 33.8 Å². The average Bonchev–Trinajstić information content (AvgIpc) is 3.29. The Morgan fingerprint density at radius 1 is 0.273 bits per heavy atom. The second-order valence-corrected chi connectivity index (χ2v) is 12.3. The van der Waals surface area contributed by atoms with E-state index < -0.39 is 0 Å². The summed E-state index contributed by atoms with van der Waals surface area (Å²) < 4.78 is 0. The van der Waals surface area contributed by atoms with Gasteiger partial charge in [0.2, 0.25) is 0 Å². The normalized spacial score (nSPS) is 10.0. The van der Waals surface area contributed by atoms with Gasteiger partial charge in [0.15, 0.2) is 0 Å². The summed E-state index contributed by atoms with van der Waals surface area (Å²) in [4.78, 5) is 13.1. The van der Waals surface area contributed by atoms with Gasteiger partial charge in [0, 0.05) is 44.3 Å². The Balaban J connectivity index is 0.000000139. The maximum atomic E-state index is 4.38. The topological polar surface area (TPSA) is 38.7 Å². The summed E-state index contributed by atoms with van der Waals surface area (Å²) in [6.07, 6.45) is 5.43. The predicted octanol–water partition coefficient (Wildman–Crippen LogP) is 12.8. The number of benzene rings is 6. The molecule has 4 heteroatoms. The van der Waals surface area contributed by atoms with E-state index in [9.17, 15) is 0 Å². The molecule has 3 nitrogen and oxygen atoms in total. The first-order chi connectivity index (χ1) is 26.8. The van der Waals surface area contributed by atoms with Gasteiger partial charge in [-0.2, -0.15) is 0 Å². The van der Waals surface area contributed by atoms with Gasteiger partial charge in [-0.15, -0.1) is 70.8 Å². The van der Waals surface area contributed by atoms with Crippen molar-refractivity contribution in [2.45, 2.75) is 0 Å². The van der Waals surface area contributed by atoms with Crippen molar-refractivity contribution in [2.75, 3.05) is 0 Å². The molecule has 6 aromatic carbocycles. The molecule has 9 aromatic rings. The van der Waals surface area contributed by atoms with Crippen molar-refractivity contribution in [1.82, 2.24) is 15.0 Å². The van der Waals surface area contributed by atoms with Crippen LogP contribution in [0.2, 0.25) is 0 Å². The first-order valence-electron chi connectivity index (χ1n) is 17.8. The number of rotatable bonds is 6. The minimum atomic E-state index is 0. The van der Waals surface area contributed by atoms with E-state index in [-0.39, 0.29) is 20.1 Å². The van der Waals surface area contributed by atoms with Crippen LogP contribution in [-0.4, -0.2) is 15.0 Å². The molecule has 0 atom stereocenters. The molecule has 9 rings (SSSR count). The zero-order chi connectivity index (χ0) is 36.6. The third-order valence-corrected chi connectivity index (χ3v) is 8.63. The van der Waals surface area contributed by atoms with Gasteiger partial charge in [0.05, 0.1) is 5.69 Å². The molecule has 0 aliphatic carbocycles. The van der Waals surface area contributed by atoms with E-state index in [2.05, 4.69) is 124 Å². The molecule has 55 heavy (non-hydrogen) atoms. The Labute approximate surface area is 337 Å².